The maximum Gasteiger partial charge on any atom is 0.155 e. The molecule has 0 bridgehead atoms. The van der Waals surface area contributed by atoms with Gasteiger partial charge < -0.3 is 10.4 Å². The maximum absolute atomic E-state index is 12.6. The van der Waals surface area contributed by atoms with Crippen LogP contribution >= 0.6 is 0 Å². The largest absolute Gasteiger partial charge is 0.508 e. The third-order valence-electron chi connectivity index (χ3n) is 3.04. The number of phenolic OH excluding ortho intramolecular Hbond substituents is 1. The van der Waals surface area contributed by atoms with Gasteiger partial charge in [-0.2, -0.15) is 0 Å². The SMILES string of the molecule is C.C.CC.CC.CC(C)(C)NC(Cc1ccc(O)cc1)C(=O)C(C)(C)C.CCC.[Ar]. The van der Waals surface area contributed by atoms with Gasteiger partial charge in [0.25, 0.3) is 0 Å². The standard InChI is InChI=1S/C17H27NO2.C3H8.2C2H6.2CH4.Ar/c1-16(2,3)15(20)14(18-17(4,5)6)11-12-7-9-13(19)10-8-12;1-3-2;2*1-2;;;/h7-10,14,18-19H,11H2,1-6H3;3H2,1-2H3;2*1-2H3;2*1H4;. The van der Waals surface area contributed by atoms with Crippen molar-refractivity contribution in [1.82, 2.24) is 5.32 Å². The zero-order valence-electron chi connectivity index (χ0n) is 20.5. The van der Waals surface area contributed by atoms with Crippen LogP contribution in [0.5, 0.6) is 5.75 Å². The van der Waals surface area contributed by atoms with Gasteiger partial charge in [-0.25, -0.2) is 0 Å². The van der Waals surface area contributed by atoms with Crippen LogP contribution < -0.4 is 5.32 Å². The predicted octanol–water partition coefficient (Wildman–Crippen LogP) is 8.05. The van der Waals surface area contributed by atoms with E-state index < -0.39 is 0 Å². The molecule has 0 aliphatic heterocycles. The first-order valence-corrected chi connectivity index (χ1v) is 10.5. The molecule has 1 rings (SSSR count). The van der Waals surface area contributed by atoms with Crippen molar-refractivity contribution in [1.29, 1.82) is 0 Å². The molecule has 0 aromatic heterocycles. The van der Waals surface area contributed by atoms with Gasteiger partial charge in [-0.05, 0) is 44.9 Å². The second-order valence-corrected chi connectivity index (χ2v) is 8.14. The molecule has 1 unspecified atom stereocenters. The summed E-state index contributed by atoms with van der Waals surface area (Å²) >= 11 is 0. The van der Waals surface area contributed by atoms with Gasteiger partial charge in [0.1, 0.15) is 5.75 Å². The van der Waals surface area contributed by atoms with Crippen LogP contribution in [0.1, 0.15) is 110 Å². The number of nitrogens with one attached hydrogen (secondary N) is 1. The zero-order valence-corrected chi connectivity index (χ0v) is 21.2. The molecule has 0 fully saturated rings. The molecule has 2 N–H and O–H groups in total. The van der Waals surface area contributed by atoms with Gasteiger partial charge >= 0.3 is 0 Å². The summed E-state index contributed by atoms with van der Waals surface area (Å²) in [5, 5.41) is 12.7. The number of aromatic hydroxyl groups is 1. The van der Waals surface area contributed by atoms with Crippen LogP contribution in [-0.2, 0) is 11.2 Å². The maximum atomic E-state index is 12.6. The van der Waals surface area contributed by atoms with E-state index in [0.29, 0.717) is 6.42 Å². The van der Waals surface area contributed by atoms with E-state index in [0.717, 1.165) is 5.56 Å². The van der Waals surface area contributed by atoms with Crippen molar-refractivity contribution in [2.75, 3.05) is 0 Å². The molecule has 30 heavy (non-hydrogen) atoms. The van der Waals surface area contributed by atoms with E-state index >= 15 is 0 Å². The van der Waals surface area contributed by atoms with E-state index in [1.54, 1.807) is 12.1 Å². The van der Waals surface area contributed by atoms with Crippen molar-refractivity contribution in [3.63, 3.8) is 0 Å². The normalized spacial score (nSPS) is 10.4. The van der Waals surface area contributed by atoms with Crippen molar-refractivity contribution in [3.05, 3.63) is 29.8 Å². The van der Waals surface area contributed by atoms with Gasteiger partial charge in [0.05, 0.1) is 6.04 Å². The van der Waals surface area contributed by atoms with E-state index in [4.69, 9.17) is 0 Å². The van der Waals surface area contributed by atoms with Crippen molar-refractivity contribution < 1.29 is 47.6 Å². The summed E-state index contributed by atoms with van der Waals surface area (Å²) in [4.78, 5) is 12.6. The molecule has 0 heterocycles. The first-order valence-electron chi connectivity index (χ1n) is 10.5. The summed E-state index contributed by atoms with van der Waals surface area (Å²) in [6.07, 6.45) is 1.88. The van der Waals surface area contributed by atoms with Crippen LogP contribution in [0.2, 0.25) is 0 Å². The number of ketones is 1. The molecule has 184 valence electrons. The molecular formula is C26H55ArNO2. The minimum atomic E-state index is -0.375. The first-order chi connectivity index (χ1) is 12.4. The van der Waals surface area contributed by atoms with Gasteiger partial charge in [-0.3, -0.25) is 4.79 Å². The Hall–Kier alpha value is -0.0903. The average Bonchev–Trinajstić information content (AvgIpc) is 2.58. The fraction of sp³-hybridized carbons (Fsp3) is 0.731. The number of benzene rings is 1. The quantitative estimate of drug-likeness (QED) is 0.485. The Bertz CT molecular complexity index is 471. The third kappa shape index (κ3) is 24.2. The van der Waals surface area contributed by atoms with Gasteiger partial charge in [-0.15, -0.1) is 0 Å². The Morgan fingerprint density at radius 3 is 1.50 bits per heavy atom. The summed E-state index contributed by atoms with van der Waals surface area (Å²) in [6, 6.07) is 6.82. The number of carbonyl (C=O) groups is 1. The van der Waals surface area contributed by atoms with Gasteiger partial charge in [-0.1, -0.05) is 95.7 Å². The summed E-state index contributed by atoms with van der Waals surface area (Å²) in [5.41, 5.74) is 0.546. The summed E-state index contributed by atoms with van der Waals surface area (Å²) in [6.45, 7) is 24.3. The Labute approximate surface area is 220 Å². The average molecular weight is 454 g/mol. The van der Waals surface area contributed by atoms with Crippen LogP contribution in [0.3, 0.4) is 0 Å². The minimum Gasteiger partial charge on any atom is -0.508 e. The van der Waals surface area contributed by atoms with Crippen molar-refractivity contribution >= 4 is 5.78 Å². The monoisotopic (exact) mass is 453 g/mol. The van der Waals surface area contributed by atoms with Crippen LogP contribution in [0.15, 0.2) is 24.3 Å². The Morgan fingerprint density at radius 1 is 0.900 bits per heavy atom. The Kier molecular flexibility index (Phi) is 34.4. The van der Waals surface area contributed by atoms with Gasteiger partial charge in [0, 0.05) is 48.7 Å². The summed E-state index contributed by atoms with van der Waals surface area (Å²) < 4.78 is 0. The summed E-state index contributed by atoms with van der Waals surface area (Å²) in [5.74, 6) is 0.455. The molecular weight excluding hydrogens is 398 g/mol. The van der Waals surface area contributed by atoms with E-state index in [1.807, 2.05) is 60.6 Å². The zero-order chi connectivity index (χ0) is 22.3. The van der Waals surface area contributed by atoms with Gasteiger partial charge in [0.15, 0.2) is 5.78 Å². The smallest absolute Gasteiger partial charge is 0.155 e. The first kappa shape index (κ1) is 43.7. The minimum absolute atomic E-state index is 0. The van der Waals surface area contributed by atoms with Crippen molar-refractivity contribution in [3.8, 4) is 5.75 Å². The second-order valence-electron chi connectivity index (χ2n) is 8.14. The molecule has 0 saturated carbocycles. The number of carbonyl (C=O) groups excluding carboxylic acids is 1. The molecule has 0 spiro atoms. The fourth-order valence-electron chi connectivity index (χ4n) is 2.12. The van der Waals surface area contributed by atoms with Crippen LogP contribution in [0.25, 0.3) is 0 Å². The van der Waals surface area contributed by atoms with Gasteiger partial charge in [0.2, 0.25) is 0 Å². The molecule has 3 nitrogen and oxygen atoms in total. The van der Waals surface area contributed by atoms with Crippen molar-refractivity contribution in [2.24, 2.45) is 5.41 Å². The Balaban J connectivity index is -0.000000129. The molecule has 0 radical (unpaired) electrons. The molecule has 1 atom stereocenters. The van der Waals surface area contributed by atoms with E-state index in [-0.39, 0.29) is 81.1 Å². The second kappa shape index (κ2) is 23.6. The molecule has 4 heteroatoms. The fourth-order valence-corrected chi connectivity index (χ4v) is 2.12. The summed E-state index contributed by atoms with van der Waals surface area (Å²) in [7, 11) is 0. The topological polar surface area (TPSA) is 49.3 Å². The van der Waals surface area contributed by atoms with E-state index in [9.17, 15) is 9.90 Å². The number of Topliss-reactive ketones (excluding diaryl/α,β-unsaturated/α-hetero) is 1. The predicted molar refractivity (Wildman–Crippen MR) is 135 cm³/mol. The number of rotatable bonds is 4. The number of hydrogen-bond donors (Lipinski definition) is 2. The third-order valence-corrected chi connectivity index (χ3v) is 3.04. The van der Waals surface area contributed by atoms with E-state index in [1.165, 1.54) is 6.42 Å². The molecule has 0 amide bonds. The molecule has 0 aliphatic carbocycles. The molecule has 1 aromatic carbocycles. The Morgan fingerprint density at radius 2 is 1.23 bits per heavy atom. The molecule has 0 saturated heterocycles. The molecule has 0 aliphatic rings. The molecule has 1 aromatic rings. The number of hydrogen-bond acceptors (Lipinski definition) is 3. The van der Waals surface area contributed by atoms with Crippen LogP contribution in [-0.4, -0.2) is 22.5 Å². The number of phenols is 1. The van der Waals surface area contributed by atoms with E-state index in [2.05, 4.69) is 39.9 Å². The van der Waals surface area contributed by atoms with Crippen LogP contribution in [0, 0.1) is 43.2 Å². The van der Waals surface area contributed by atoms with Crippen molar-refractivity contribution in [2.45, 2.75) is 122 Å². The van der Waals surface area contributed by atoms with Crippen LogP contribution in [0.4, 0.5) is 0 Å².